The van der Waals surface area contributed by atoms with Crippen LogP contribution in [0.25, 0.3) is 186 Å². The highest BCUT2D eigenvalue weighted by Crippen LogP contribution is 2.47. The van der Waals surface area contributed by atoms with Crippen molar-refractivity contribution in [2.75, 3.05) is 0 Å². The zero-order valence-electron chi connectivity index (χ0n) is 60.3. The topological polar surface area (TPSA) is 122 Å². The summed E-state index contributed by atoms with van der Waals surface area (Å²) in [5.41, 5.74) is 17.9. The maximum Gasteiger partial charge on any atom is 0.494 e. The lowest BCUT2D eigenvalue weighted by Gasteiger charge is -2.32. The van der Waals surface area contributed by atoms with Crippen LogP contribution in [0.2, 0.25) is 5.28 Å². The molecule has 0 spiro atoms. The number of fused-ring (bicyclic) bond motifs is 12. The number of hydrogen-bond acceptors (Lipinski definition) is 12. The molecule has 0 bridgehead atoms. The molecule has 0 aliphatic carbocycles. The lowest BCUT2D eigenvalue weighted by atomic mass is 9.78. The van der Waals surface area contributed by atoms with Crippen molar-refractivity contribution in [3.05, 3.63) is 333 Å². The molecular weight excluding hydrogens is 1410 g/mol. The van der Waals surface area contributed by atoms with E-state index in [0.717, 1.165) is 82.7 Å². The van der Waals surface area contributed by atoms with E-state index in [1.807, 2.05) is 156 Å². The number of benzene rings is 14. The van der Waals surface area contributed by atoms with Crippen LogP contribution < -0.4 is 5.46 Å². The molecule has 0 amide bonds. The van der Waals surface area contributed by atoms with Crippen LogP contribution in [0, 0.1) is 0 Å². The van der Waals surface area contributed by atoms with Crippen molar-refractivity contribution in [2.24, 2.45) is 0 Å². The van der Waals surface area contributed by atoms with Gasteiger partial charge in [-0.25, -0.2) is 19.9 Å². The lowest BCUT2D eigenvalue weighted by molar-refractivity contribution is 0.00578. The zero-order valence-corrected chi connectivity index (χ0v) is 62.7. The molecule has 0 atom stereocenters. The Morgan fingerprint density at radius 1 is 0.264 bits per heavy atom. The third-order valence-electron chi connectivity index (χ3n) is 21.0. The first kappa shape index (κ1) is 68.0. The molecule has 1 fully saturated rings. The zero-order chi connectivity index (χ0) is 74.0. The number of thiophene rings is 2. The molecule has 0 unspecified atom stereocenters. The normalized spacial score (nSPS) is 13.2. The molecule has 14 aromatic carbocycles. The second-order valence-electron chi connectivity index (χ2n) is 28.3. The molecule has 6 aromatic heterocycles. The second kappa shape index (κ2) is 28.2. The molecule has 526 valence electrons. The quantitative estimate of drug-likeness (QED) is 0.122. The number of nitrogens with zero attached hydrogens (tertiary/aromatic N) is 6. The van der Waals surface area contributed by atoms with Crippen LogP contribution in [-0.2, 0) is 9.31 Å². The summed E-state index contributed by atoms with van der Waals surface area (Å²) in [6.45, 7) is 8.39. The summed E-state index contributed by atoms with van der Waals surface area (Å²) in [5, 5.41) is 9.36. The Morgan fingerprint density at radius 3 is 1.03 bits per heavy atom. The first-order chi connectivity index (χ1) is 53.9. The number of rotatable bonds is 10. The summed E-state index contributed by atoms with van der Waals surface area (Å²) >= 11 is 9.95. The molecule has 0 N–H and O–H groups in total. The van der Waals surface area contributed by atoms with E-state index in [0.29, 0.717) is 29.1 Å². The summed E-state index contributed by atoms with van der Waals surface area (Å²) in [5.74, 6) is 2.93. The molecule has 0 saturated carbocycles. The van der Waals surface area contributed by atoms with Gasteiger partial charge in [0.15, 0.2) is 29.1 Å². The smallest absolute Gasteiger partial charge is 0.456 e. The predicted molar refractivity (Wildman–Crippen MR) is 456 cm³/mol. The fourth-order valence-electron chi connectivity index (χ4n) is 14.9. The highest BCUT2D eigenvalue weighted by Gasteiger charge is 2.51. The molecular formula is C96H66BClN6O4S2. The lowest BCUT2D eigenvalue weighted by Crippen LogP contribution is -2.41. The van der Waals surface area contributed by atoms with E-state index in [1.165, 1.54) is 79.3 Å². The Labute approximate surface area is 647 Å². The van der Waals surface area contributed by atoms with Gasteiger partial charge in [-0.2, -0.15) is 9.97 Å². The number of aromatic nitrogens is 6. The maximum atomic E-state index is 6.32. The minimum absolute atomic E-state index is 0.165. The van der Waals surface area contributed by atoms with E-state index in [9.17, 15) is 0 Å². The molecule has 20 aromatic rings. The molecule has 1 aliphatic rings. The minimum Gasteiger partial charge on any atom is -0.456 e. The van der Waals surface area contributed by atoms with E-state index in [1.54, 1.807) is 0 Å². The minimum atomic E-state index is -0.365. The Kier molecular flexibility index (Phi) is 17.4. The van der Waals surface area contributed by atoms with Crippen LogP contribution in [0.15, 0.2) is 336 Å². The van der Waals surface area contributed by atoms with Crippen molar-refractivity contribution in [2.45, 2.75) is 38.9 Å². The van der Waals surface area contributed by atoms with E-state index >= 15 is 0 Å². The van der Waals surface area contributed by atoms with Gasteiger partial charge in [0.1, 0.15) is 22.3 Å². The summed E-state index contributed by atoms with van der Waals surface area (Å²) in [6.07, 6.45) is 0. The van der Waals surface area contributed by atoms with Gasteiger partial charge in [-0.15, -0.1) is 22.7 Å². The summed E-state index contributed by atoms with van der Waals surface area (Å²) < 4.78 is 30.0. The number of hydrogen-bond donors (Lipinski definition) is 0. The molecule has 7 heterocycles. The van der Waals surface area contributed by atoms with E-state index in [2.05, 4.69) is 237 Å². The second-order valence-corrected chi connectivity index (χ2v) is 30.7. The van der Waals surface area contributed by atoms with E-state index in [4.69, 9.17) is 44.7 Å². The van der Waals surface area contributed by atoms with Crippen LogP contribution in [-0.4, -0.2) is 48.2 Å². The van der Waals surface area contributed by atoms with Crippen molar-refractivity contribution in [3.8, 4) is 101 Å². The van der Waals surface area contributed by atoms with Gasteiger partial charge in [0, 0.05) is 89.7 Å². The first-order valence-electron chi connectivity index (χ1n) is 36.6. The number of halogens is 1. The van der Waals surface area contributed by atoms with Crippen molar-refractivity contribution >= 4 is 131 Å². The van der Waals surface area contributed by atoms with Crippen molar-refractivity contribution in [3.63, 3.8) is 0 Å². The largest absolute Gasteiger partial charge is 0.494 e. The number of furan rings is 2. The van der Waals surface area contributed by atoms with Gasteiger partial charge < -0.3 is 18.1 Å². The molecule has 10 nitrogen and oxygen atoms in total. The van der Waals surface area contributed by atoms with Crippen LogP contribution in [0.4, 0.5) is 0 Å². The van der Waals surface area contributed by atoms with Gasteiger partial charge in [-0.05, 0) is 120 Å². The van der Waals surface area contributed by atoms with Crippen LogP contribution in [0.3, 0.4) is 0 Å². The first-order valence-corrected chi connectivity index (χ1v) is 38.6. The fourth-order valence-corrected chi connectivity index (χ4v) is 17.8. The van der Waals surface area contributed by atoms with Gasteiger partial charge in [0.2, 0.25) is 5.28 Å². The van der Waals surface area contributed by atoms with Gasteiger partial charge in [-0.1, -0.05) is 297 Å². The third kappa shape index (κ3) is 12.5. The molecule has 1 saturated heterocycles. The van der Waals surface area contributed by atoms with Gasteiger partial charge in [0.05, 0.1) is 11.2 Å². The van der Waals surface area contributed by atoms with Gasteiger partial charge in [0.25, 0.3) is 0 Å². The maximum absolute atomic E-state index is 6.32. The molecule has 21 rings (SSSR count). The van der Waals surface area contributed by atoms with Crippen molar-refractivity contribution in [1.82, 2.24) is 29.9 Å². The van der Waals surface area contributed by atoms with Crippen molar-refractivity contribution in [1.29, 1.82) is 0 Å². The fraction of sp³-hybridized carbons (Fsp3) is 0.0625. The predicted octanol–water partition coefficient (Wildman–Crippen LogP) is 25.9. The average molecular weight is 1480 g/mol. The third-order valence-corrected chi connectivity index (χ3v) is 23.7. The summed E-state index contributed by atoms with van der Waals surface area (Å²) in [7, 11) is -0.365. The Hall–Kier alpha value is -12.6. The van der Waals surface area contributed by atoms with E-state index < -0.39 is 0 Å². The van der Waals surface area contributed by atoms with E-state index in [-0.39, 0.29) is 23.6 Å². The highest BCUT2D eigenvalue weighted by atomic mass is 35.5. The number of para-hydroxylation sites is 2. The van der Waals surface area contributed by atoms with Crippen LogP contribution >= 0.6 is 34.3 Å². The van der Waals surface area contributed by atoms with Gasteiger partial charge in [-0.3, -0.25) is 0 Å². The highest BCUT2D eigenvalue weighted by molar-refractivity contribution is 7.27. The summed E-state index contributed by atoms with van der Waals surface area (Å²) in [4.78, 5) is 28.6. The van der Waals surface area contributed by atoms with Crippen LogP contribution in [0.1, 0.15) is 27.7 Å². The standard InChI is InChI=1S/C45H27N3OS.C30H27BO2S.C21H12ClN3O/c1-3-13-28(14-4-1)32-20-10-22-34-35-23-11-21-33(42(35)50-41(32)34)30-17-9-18-31(27-30)44-46-43(29-15-5-2-6-16-29)47-45(48-44)37-24-12-26-39-40(37)36-19-7-8-25-38(36)49-39;1-29(2)30(3,4)33-31(32-29)22-14-8-13-21(19-22)24-16-10-18-26-25-17-9-15-23(27(25)34-28(24)26)20-11-6-5-7-12-20;22-21-24-19(13-7-2-1-3-8-13)23-20(25-21)15-10-6-12-17-18(15)14-9-4-5-11-16(14)26-17/h1-27H;5-19H,1-4H3;1-12H. The summed E-state index contributed by atoms with van der Waals surface area (Å²) in [6, 6.07) is 113. The Bertz CT molecular complexity index is 6890. The van der Waals surface area contributed by atoms with Crippen molar-refractivity contribution < 1.29 is 18.1 Å². The monoisotopic (exact) mass is 1480 g/mol. The molecule has 1 aliphatic heterocycles. The molecule has 14 heteroatoms. The molecule has 0 radical (unpaired) electrons. The SMILES string of the molecule is CC1(C)OB(c2cccc(-c3cccc4c3sc3c(-c5ccccc5)cccc34)c2)OC1(C)C.Clc1nc(-c2ccccc2)nc(-c2cccc3oc4ccccc4c23)n1.c1ccc(-c2nc(-c3cccc(-c4cccc5c4sc4c(-c6ccccc6)cccc45)c3)nc(-c3cccc4oc5ccccc5c34)n2)cc1. The average Bonchev–Trinajstić information content (AvgIpc) is 1.59. The Morgan fingerprint density at radius 2 is 0.564 bits per heavy atom. The van der Waals surface area contributed by atoms with Crippen LogP contribution in [0.5, 0.6) is 0 Å². The van der Waals surface area contributed by atoms with Gasteiger partial charge >= 0.3 is 7.12 Å². The Balaban J connectivity index is 0.000000119. The molecule has 110 heavy (non-hydrogen) atoms.